The normalized spacial score (nSPS) is 11.7. The molecular weight excluding hydrogens is 784 g/mol. The third kappa shape index (κ3) is 24.8. The molecule has 0 aliphatic heterocycles. The third-order valence-corrected chi connectivity index (χ3v) is 8.09. The minimum absolute atomic E-state index is 0.00523. The predicted molar refractivity (Wildman–Crippen MR) is 221 cm³/mol. The van der Waals surface area contributed by atoms with Gasteiger partial charge < -0.3 is 54.4 Å². The van der Waals surface area contributed by atoms with Gasteiger partial charge in [-0.3, -0.25) is 4.79 Å². The second kappa shape index (κ2) is 29.4. The predicted octanol–water partition coefficient (Wildman–Crippen LogP) is 6.07. The lowest BCUT2D eigenvalue weighted by molar-refractivity contribution is -0.142. The lowest BCUT2D eigenvalue weighted by atomic mass is 9.96. The summed E-state index contributed by atoms with van der Waals surface area (Å²) in [5, 5.41) is 10.6. The van der Waals surface area contributed by atoms with Crippen molar-refractivity contribution in [3.8, 4) is 5.75 Å². The Hall–Kier alpha value is -5.81. The zero-order chi connectivity index (χ0) is 44.9. The summed E-state index contributed by atoms with van der Waals surface area (Å²) in [6, 6.07) is 6.30. The van der Waals surface area contributed by atoms with Crippen LogP contribution in [0.5, 0.6) is 5.75 Å². The van der Waals surface area contributed by atoms with E-state index in [9.17, 15) is 33.6 Å². The molecule has 1 rings (SSSR count). The second-order valence-corrected chi connectivity index (χ2v) is 14.5. The number of alkyl carbamates (subject to hydrolysis) is 4. The van der Waals surface area contributed by atoms with E-state index in [2.05, 4.69) is 34.4 Å². The summed E-state index contributed by atoms with van der Waals surface area (Å²) < 4.78 is 36.3. The lowest BCUT2D eigenvalue weighted by Crippen LogP contribution is -2.41. The molecule has 0 radical (unpaired) electrons. The fourth-order valence-corrected chi connectivity index (χ4v) is 4.83. The van der Waals surface area contributed by atoms with Crippen LogP contribution in [0.15, 0.2) is 48.6 Å². The van der Waals surface area contributed by atoms with Gasteiger partial charge in [0.25, 0.3) is 0 Å². The number of Topliss-reactive ketones (excluding diaryl/α,β-unsaturated/α-hetero) is 1. The molecule has 18 nitrogen and oxygen atoms in total. The van der Waals surface area contributed by atoms with Crippen molar-refractivity contribution in [1.29, 1.82) is 0 Å². The van der Waals surface area contributed by atoms with Gasteiger partial charge in [0.15, 0.2) is 5.60 Å². The Labute approximate surface area is 352 Å². The SMILES string of the molecule is C=C(C)C(=O)OCC(C)OC(=O)NCCCCCCNC(=O)OCCOc1ccc(C(=O)C(C)(C)OC(=O)NCCCCCCNC(=O)OC(C)COC(=O)C(=C)C)cc1. The van der Waals surface area contributed by atoms with Crippen LogP contribution in [0.25, 0.3) is 0 Å². The quantitative estimate of drug-likeness (QED) is 0.0236. The Bertz CT molecular complexity index is 1560. The second-order valence-electron chi connectivity index (χ2n) is 14.5. The zero-order valence-corrected chi connectivity index (χ0v) is 35.9. The summed E-state index contributed by atoms with van der Waals surface area (Å²) in [4.78, 5) is 84.0. The number of ether oxygens (including phenoxy) is 7. The van der Waals surface area contributed by atoms with E-state index in [1.54, 1.807) is 38.1 Å². The van der Waals surface area contributed by atoms with Crippen molar-refractivity contribution in [1.82, 2.24) is 21.3 Å². The van der Waals surface area contributed by atoms with Crippen LogP contribution in [0, 0.1) is 0 Å². The zero-order valence-electron chi connectivity index (χ0n) is 35.9. The van der Waals surface area contributed by atoms with Crippen LogP contribution in [-0.2, 0) is 38.0 Å². The van der Waals surface area contributed by atoms with Crippen molar-refractivity contribution in [3.05, 3.63) is 54.1 Å². The molecule has 0 aliphatic carbocycles. The average Bonchev–Trinajstić information content (AvgIpc) is 3.19. The molecule has 4 amide bonds. The number of esters is 2. The van der Waals surface area contributed by atoms with Crippen LogP contribution in [0.3, 0.4) is 0 Å². The maximum Gasteiger partial charge on any atom is 0.408 e. The van der Waals surface area contributed by atoms with E-state index >= 15 is 0 Å². The molecule has 0 saturated carbocycles. The molecule has 0 aromatic heterocycles. The monoisotopic (exact) mass is 848 g/mol. The van der Waals surface area contributed by atoms with Crippen LogP contribution in [0.2, 0.25) is 0 Å². The topological polar surface area (TPSA) is 232 Å². The number of nitrogens with one attached hydrogen (secondary N) is 4. The highest BCUT2D eigenvalue weighted by atomic mass is 16.6. The minimum atomic E-state index is -1.43. The van der Waals surface area contributed by atoms with E-state index in [1.165, 1.54) is 27.7 Å². The number of unbranched alkanes of at least 4 members (excludes halogenated alkanes) is 6. The van der Waals surface area contributed by atoms with Crippen LogP contribution < -0.4 is 26.0 Å². The standard InChI is InChI=1S/C42H64N4O14/c1-29(2)36(48)56-27-31(5)58-39(51)44-22-14-10-9-13-21-43-38(50)55-26-25-54-34-19-17-33(18-20-34)35(47)42(7,8)60-41(53)46-24-16-12-11-15-23-45-40(52)59-32(6)28-57-37(49)30(3)4/h17-20,31-32H,1,3,9-16,21-28H2,2,4-8H3,(H,43,50)(H,44,51)(H,45,52)(H,46,53). The van der Waals surface area contributed by atoms with Crippen LogP contribution in [0.1, 0.15) is 103 Å². The molecule has 0 saturated heterocycles. The number of carbonyl (C=O) groups excluding carboxylic acids is 7. The first-order valence-corrected chi connectivity index (χ1v) is 20.1. The smallest absolute Gasteiger partial charge is 0.408 e. The molecule has 0 spiro atoms. The number of hydrogen-bond acceptors (Lipinski definition) is 14. The molecule has 2 unspecified atom stereocenters. The molecule has 60 heavy (non-hydrogen) atoms. The van der Waals surface area contributed by atoms with Gasteiger partial charge in [-0.25, -0.2) is 28.8 Å². The maximum absolute atomic E-state index is 13.1. The van der Waals surface area contributed by atoms with E-state index in [0.717, 1.165) is 38.5 Å². The first-order chi connectivity index (χ1) is 28.4. The van der Waals surface area contributed by atoms with Crippen molar-refractivity contribution in [2.75, 3.05) is 52.6 Å². The van der Waals surface area contributed by atoms with E-state index < -0.39 is 59.9 Å². The Kier molecular flexibility index (Phi) is 25.6. The molecule has 0 heterocycles. The van der Waals surface area contributed by atoms with Gasteiger partial charge in [0.05, 0.1) is 0 Å². The lowest BCUT2D eigenvalue weighted by Gasteiger charge is -2.24. The summed E-state index contributed by atoms with van der Waals surface area (Å²) >= 11 is 0. The number of ketones is 1. The Morgan fingerprint density at radius 2 is 0.967 bits per heavy atom. The number of benzene rings is 1. The number of rotatable bonds is 29. The van der Waals surface area contributed by atoms with Crippen molar-refractivity contribution in [2.24, 2.45) is 0 Å². The molecule has 0 fully saturated rings. The highest BCUT2D eigenvalue weighted by Gasteiger charge is 2.33. The van der Waals surface area contributed by atoms with Gasteiger partial charge in [-0.15, -0.1) is 0 Å². The van der Waals surface area contributed by atoms with Gasteiger partial charge in [-0.2, -0.15) is 0 Å². The molecule has 1 aromatic rings. The fraction of sp³-hybridized carbons (Fsp3) is 0.595. The first kappa shape index (κ1) is 52.2. The highest BCUT2D eigenvalue weighted by molar-refractivity contribution is 6.03. The van der Waals surface area contributed by atoms with Gasteiger partial charge in [-0.05, 0) is 91.5 Å². The third-order valence-electron chi connectivity index (χ3n) is 8.09. The van der Waals surface area contributed by atoms with Gasteiger partial charge in [0.2, 0.25) is 5.78 Å². The van der Waals surface area contributed by atoms with E-state index in [1.807, 2.05) is 0 Å². The Morgan fingerprint density at radius 1 is 0.567 bits per heavy atom. The van der Waals surface area contributed by atoms with Gasteiger partial charge in [-0.1, -0.05) is 38.8 Å². The molecule has 18 heteroatoms. The highest BCUT2D eigenvalue weighted by Crippen LogP contribution is 2.20. The molecule has 0 aliphatic rings. The van der Waals surface area contributed by atoms with Crippen molar-refractivity contribution in [3.63, 3.8) is 0 Å². The fourth-order valence-electron chi connectivity index (χ4n) is 4.83. The van der Waals surface area contributed by atoms with Gasteiger partial charge in [0.1, 0.15) is 44.4 Å². The molecular formula is C42H64N4O14. The Morgan fingerprint density at radius 3 is 1.38 bits per heavy atom. The number of amides is 4. The van der Waals surface area contributed by atoms with Crippen molar-refractivity contribution < 1.29 is 66.7 Å². The molecule has 1 aromatic carbocycles. The molecule has 4 N–H and O–H groups in total. The summed E-state index contributed by atoms with van der Waals surface area (Å²) in [6.45, 7) is 17.8. The number of hydrogen-bond donors (Lipinski definition) is 4. The van der Waals surface area contributed by atoms with Crippen molar-refractivity contribution in [2.45, 2.75) is 111 Å². The van der Waals surface area contributed by atoms with Crippen LogP contribution >= 0.6 is 0 Å². The van der Waals surface area contributed by atoms with Gasteiger partial charge in [0, 0.05) is 42.9 Å². The largest absolute Gasteiger partial charge is 0.490 e. The van der Waals surface area contributed by atoms with Gasteiger partial charge >= 0.3 is 36.3 Å². The average molecular weight is 849 g/mol. The van der Waals surface area contributed by atoms with Crippen LogP contribution in [0.4, 0.5) is 19.2 Å². The van der Waals surface area contributed by atoms with Crippen molar-refractivity contribution >= 4 is 42.1 Å². The van der Waals surface area contributed by atoms with E-state index in [4.69, 9.17) is 33.2 Å². The first-order valence-electron chi connectivity index (χ1n) is 20.1. The number of carbonyl (C=O) groups is 7. The molecule has 336 valence electrons. The maximum atomic E-state index is 13.1. The van der Waals surface area contributed by atoms with E-state index in [0.29, 0.717) is 50.3 Å². The van der Waals surface area contributed by atoms with Crippen LogP contribution in [-0.4, -0.2) is 113 Å². The summed E-state index contributed by atoms with van der Waals surface area (Å²) in [5.74, 6) is -1.04. The summed E-state index contributed by atoms with van der Waals surface area (Å²) in [5.41, 5.74) is -0.589. The Balaban J connectivity index is 2.14. The summed E-state index contributed by atoms with van der Waals surface area (Å²) in [6.07, 6.45) is 2.36. The molecule has 2 atom stereocenters. The molecule has 0 bridgehead atoms. The summed E-state index contributed by atoms with van der Waals surface area (Å²) in [7, 11) is 0. The minimum Gasteiger partial charge on any atom is -0.490 e. The van der Waals surface area contributed by atoms with E-state index in [-0.39, 0.29) is 37.6 Å².